The zero-order chi connectivity index (χ0) is 16.2. The third kappa shape index (κ3) is 3.48. The summed E-state index contributed by atoms with van der Waals surface area (Å²) in [5.41, 5.74) is 2.19. The van der Waals surface area contributed by atoms with Gasteiger partial charge >= 0.3 is 0 Å². The molecule has 3 rings (SSSR count). The summed E-state index contributed by atoms with van der Waals surface area (Å²) in [7, 11) is 0. The maximum Gasteiger partial charge on any atom is 0.277 e. The van der Waals surface area contributed by atoms with Gasteiger partial charge in [-0.25, -0.2) is 9.97 Å². The molecule has 0 aliphatic carbocycles. The standard InChI is InChI=1S/C17H18N4O2/c1-12(2)16-15(19-11-23-16)17(22)20-14-5-3-13(4-6-14)9-21-8-7-18-10-21/h3-8,10-12H,9H2,1-2H3,(H,20,22). The highest BCUT2D eigenvalue weighted by Gasteiger charge is 2.19. The summed E-state index contributed by atoms with van der Waals surface area (Å²) in [6.07, 6.45) is 6.73. The number of hydrogen-bond donors (Lipinski definition) is 1. The zero-order valence-electron chi connectivity index (χ0n) is 13.1. The van der Waals surface area contributed by atoms with E-state index in [1.54, 1.807) is 12.5 Å². The number of benzene rings is 1. The van der Waals surface area contributed by atoms with E-state index in [0.29, 0.717) is 11.5 Å². The van der Waals surface area contributed by atoms with Crippen molar-refractivity contribution in [2.24, 2.45) is 0 Å². The van der Waals surface area contributed by atoms with Crippen molar-refractivity contribution in [3.05, 3.63) is 66.4 Å². The first-order valence-electron chi connectivity index (χ1n) is 7.43. The fourth-order valence-corrected chi connectivity index (χ4v) is 2.31. The molecule has 118 valence electrons. The van der Waals surface area contributed by atoms with Gasteiger partial charge in [0.05, 0.1) is 6.33 Å². The van der Waals surface area contributed by atoms with Gasteiger partial charge in [0.15, 0.2) is 12.1 Å². The Morgan fingerprint density at radius 1 is 1.30 bits per heavy atom. The van der Waals surface area contributed by atoms with Crippen LogP contribution in [0.1, 0.15) is 41.6 Å². The molecule has 0 spiro atoms. The molecule has 0 saturated heterocycles. The molecular weight excluding hydrogens is 292 g/mol. The second-order valence-electron chi connectivity index (χ2n) is 5.61. The second-order valence-corrected chi connectivity index (χ2v) is 5.61. The van der Waals surface area contributed by atoms with Crippen LogP contribution in [0.15, 0.2) is 53.8 Å². The summed E-state index contributed by atoms with van der Waals surface area (Å²) in [6.45, 7) is 4.67. The molecule has 0 aliphatic heterocycles. The van der Waals surface area contributed by atoms with Crippen LogP contribution in [0.3, 0.4) is 0 Å². The molecular formula is C17H18N4O2. The third-order valence-corrected chi connectivity index (χ3v) is 3.47. The number of oxazole rings is 1. The van der Waals surface area contributed by atoms with Crippen molar-refractivity contribution in [1.29, 1.82) is 0 Å². The molecule has 6 nitrogen and oxygen atoms in total. The number of rotatable bonds is 5. The molecule has 2 heterocycles. The lowest BCUT2D eigenvalue weighted by Gasteiger charge is -2.07. The Balaban J connectivity index is 1.68. The molecule has 0 aliphatic rings. The molecule has 0 fully saturated rings. The molecule has 6 heteroatoms. The summed E-state index contributed by atoms with van der Waals surface area (Å²) in [6, 6.07) is 7.70. The summed E-state index contributed by atoms with van der Waals surface area (Å²) in [5, 5.41) is 2.85. The smallest absolute Gasteiger partial charge is 0.277 e. The highest BCUT2D eigenvalue weighted by atomic mass is 16.3. The molecule has 0 radical (unpaired) electrons. The van der Waals surface area contributed by atoms with E-state index in [1.165, 1.54) is 6.39 Å². The predicted molar refractivity (Wildman–Crippen MR) is 86.3 cm³/mol. The lowest BCUT2D eigenvalue weighted by Crippen LogP contribution is -2.14. The number of nitrogens with zero attached hydrogens (tertiary/aromatic N) is 3. The molecule has 2 aromatic heterocycles. The number of anilines is 1. The van der Waals surface area contributed by atoms with E-state index in [4.69, 9.17) is 4.42 Å². The number of carbonyl (C=O) groups excluding carboxylic acids is 1. The number of carbonyl (C=O) groups is 1. The van der Waals surface area contributed by atoms with Gasteiger partial charge in [-0.15, -0.1) is 0 Å². The molecule has 1 amide bonds. The van der Waals surface area contributed by atoms with Crippen LogP contribution in [0, 0.1) is 0 Å². The van der Waals surface area contributed by atoms with Gasteiger partial charge in [0.2, 0.25) is 0 Å². The largest absolute Gasteiger partial charge is 0.447 e. The van der Waals surface area contributed by atoms with Gasteiger partial charge < -0.3 is 14.3 Å². The fraction of sp³-hybridized carbons (Fsp3) is 0.235. The van der Waals surface area contributed by atoms with E-state index in [9.17, 15) is 4.79 Å². The minimum Gasteiger partial charge on any atom is -0.447 e. The van der Waals surface area contributed by atoms with Crippen molar-refractivity contribution in [1.82, 2.24) is 14.5 Å². The second kappa shape index (κ2) is 6.48. The van der Waals surface area contributed by atoms with Gasteiger partial charge in [0.25, 0.3) is 5.91 Å². The Labute approximate surface area is 134 Å². The van der Waals surface area contributed by atoms with Crippen LogP contribution in [0.25, 0.3) is 0 Å². The van der Waals surface area contributed by atoms with Crippen LogP contribution in [0.5, 0.6) is 0 Å². The average molecular weight is 310 g/mol. The minimum atomic E-state index is -0.259. The highest BCUT2D eigenvalue weighted by Crippen LogP contribution is 2.19. The monoisotopic (exact) mass is 310 g/mol. The van der Waals surface area contributed by atoms with Crippen molar-refractivity contribution in [3.63, 3.8) is 0 Å². The van der Waals surface area contributed by atoms with Crippen molar-refractivity contribution < 1.29 is 9.21 Å². The quantitative estimate of drug-likeness (QED) is 0.785. The average Bonchev–Trinajstić information content (AvgIpc) is 3.20. The molecule has 23 heavy (non-hydrogen) atoms. The van der Waals surface area contributed by atoms with Crippen molar-refractivity contribution in [2.75, 3.05) is 5.32 Å². The Hall–Kier alpha value is -2.89. The Morgan fingerprint density at radius 2 is 2.09 bits per heavy atom. The predicted octanol–water partition coefficient (Wildman–Crippen LogP) is 3.30. The van der Waals surface area contributed by atoms with Gasteiger partial charge in [0, 0.05) is 30.5 Å². The Bertz CT molecular complexity index is 773. The fourth-order valence-electron chi connectivity index (χ4n) is 2.31. The molecule has 3 aromatic rings. The van der Waals surface area contributed by atoms with Crippen LogP contribution < -0.4 is 5.32 Å². The first-order chi connectivity index (χ1) is 11.1. The van der Waals surface area contributed by atoms with Crippen LogP contribution in [0.2, 0.25) is 0 Å². The first-order valence-corrected chi connectivity index (χ1v) is 7.43. The number of aromatic nitrogens is 3. The van der Waals surface area contributed by atoms with Crippen LogP contribution in [-0.2, 0) is 6.54 Å². The first kappa shape index (κ1) is 15.0. The SMILES string of the molecule is CC(C)c1ocnc1C(=O)Nc1ccc(Cn2ccnc2)cc1. The number of amides is 1. The van der Waals surface area contributed by atoms with Crippen LogP contribution >= 0.6 is 0 Å². The van der Waals surface area contributed by atoms with Gasteiger partial charge in [-0.05, 0) is 17.7 Å². The van der Waals surface area contributed by atoms with E-state index < -0.39 is 0 Å². The number of imidazole rings is 1. The summed E-state index contributed by atoms with van der Waals surface area (Å²) >= 11 is 0. The lowest BCUT2D eigenvalue weighted by atomic mass is 10.1. The normalized spacial score (nSPS) is 10.9. The number of hydrogen-bond acceptors (Lipinski definition) is 4. The van der Waals surface area contributed by atoms with E-state index in [2.05, 4.69) is 15.3 Å². The van der Waals surface area contributed by atoms with Gasteiger partial charge in [-0.1, -0.05) is 26.0 Å². The van der Waals surface area contributed by atoms with Gasteiger partial charge in [-0.3, -0.25) is 4.79 Å². The van der Waals surface area contributed by atoms with E-state index in [1.807, 2.05) is 48.9 Å². The molecule has 1 N–H and O–H groups in total. The molecule has 0 bridgehead atoms. The topological polar surface area (TPSA) is 73.0 Å². The maximum atomic E-state index is 12.3. The summed E-state index contributed by atoms with van der Waals surface area (Å²) in [4.78, 5) is 20.3. The van der Waals surface area contributed by atoms with Crippen LogP contribution in [-0.4, -0.2) is 20.4 Å². The number of nitrogens with one attached hydrogen (secondary N) is 1. The lowest BCUT2D eigenvalue weighted by molar-refractivity contribution is 0.102. The summed E-state index contributed by atoms with van der Waals surface area (Å²) < 4.78 is 7.27. The Kier molecular flexibility index (Phi) is 4.23. The van der Waals surface area contributed by atoms with E-state index in [0.717, 1.165) is 17.8 Å². The van der Waals surface area contributed by atoms with Crippen LogP contribution in [0.4, 0.5) is 5.69 Å². The molecule has 0 saturated carbocycles. The maximum absolute atomic E-state index is 12.3. The van der Waals surface area contributed by atoms with Crippen molar-refractivity contribution in [3.8, 4) is 0 Å². The van der Waals surface area contributed by atoms with Crippen molar-refractivity contribution in [2.45, 2.75) is 26.3 Å². The molecule has 0 atom stereocenters. The highest BCUT2D eigenvalue weighted by molar-refractivity contribution is 6.03. The summed E-state index contributed by atoms with van der Waals surface area (Å²) in [5.74, 6) is 0.444. The van der Waals surface area contributed by atoms with Crippen molar-refractivity contribution >= 4 is 11.6 Å². The molecule has 0 unspecified atom stereocenters. The Morgan fingerprint density at radius 3 is 2.74 bits per heavy atom. The van der Waals surface area contributed by atoms with Gasteiger partial charge in [-0.2, -0.15) is 0 Å². The van der Waals surface area contributed by atoms with E-state index >= 15 is 0 Å². The third-order valence-electron chi connectivity index (χ3n) is 3.47. The van der Waals surface area contributed by atoms with E-state index in [-0.39, 0.29) is 11.8 Å². The van der Waals surface area contributed by atoms with Gasteiger partial charge in [0.1, 0.15) is 5.76 Å². The molecule has 1 aromatic carbocycles. The zero-order valence-corrected chi connectivity index (χ0v) is 13.1. The minimum absolute atomic E-state index is 0.107.